The van der Waals surface area contributed by atoms with Crippen molar-refractivity contribution >= 4 is 23.2 Å². The summed E-state index contributed by atoms with van der Waals surface area (Å²) in [6.07, 6.45) is -0.720. The average molecular weight is 364 g/mol. The number of ether oxygens (including phenoxy) is 1. The number of hydrogen-bond acceptors (Lipinski definition) is 5. The van der Waals surface area contributed by atoms with Gasteiger partial charge in [0.2, 0.25) is 0 Å². The fraction of sp³-hybridized carbons (Fsp3) is 0.353. The number of esters is 1. The van der Waals surface area contributed by atoms with E-state index in [1.165, 1.54) is 12.1 Å². The van der Waals surface area contributed by atoms with E-state index in [1.807, 2.05) is 6.92 Å². The van der Waals surface area contributed by atoms with Gasteiger partial charge in [0.05, 0.1) is 12.2 Å². The number of nitrogens with one attached hydrogen (secondary N) is 2. The number of aromatic nitrogens is 2. The van der Waals surface area contributed by atoms with Crippen LogP contribution in [0.5, 0.6) is 0 Å². The van der Waals surface area contributed by atoms with Gasteiger partial charge < -0.3 is 10.1 Å². The van der Waals surface area contributed by atoms with Crippen LogP contribution in [0, 0.1) is 12.7 Å². The molecule has 1 aromatic heterocycles. The number of halogens is 1. The predicted molar refractivity (Wildman–Crippen MR) is 97.7 cm³/mol. The second-order valence-corrected chi connectivity index (χ2v) is 6.08. The molecule has 25 heavy (non-hydrogen) atoms. The fourth-order valence-electron chi connectivity index (χ4n) is 2.34. The summed E-state index contributed by atoms with van der Waals surface area (Å²) < 4.78 is 18.2. The summed E-state index contributed by atoms with van der Waals surface area (Å²) in [7, 11) is 3.50. The quantitative estimate of drug-likeness (QED) is 0.465. The second-order valence-electron chi connectivity index (χ2n) is 5.67. The number of aryl methyl sites for hydroxylation is 1. The minimum absolute atomic E-state index is 0.281. The third-order valence-electron chi connectivity index (χ3n) is 3.59. The molecule has 0 amide bonds. The van der Waals surface area contributed by atoms with Crippen LogP contribution in [-0.4, -0.2) is 52.9 Å². The fourth-order valence-corrected chi connectivity index (χ4v) is 2.70. The van der Waals surface area contributed by atoms with Crippen LogP contribution in [0.15, 0.2) is 24.3 Å². The van der Waals surface area contributed by atoms with E-state index >= 15 is 0 Å². The number of carbonyl (C=O) groups is 1. The van der Waals surface area contributed by atoms with Crippen LogP contribution in [0.25, 0.3) is 11.3 Å². The van der Waals surface area contributed by atoms with Crippen LogP contribution in [0.1, 0.15) is 18.2 Å². The SMILES string of the molecule is CCOC(=O)C(NC(=S)c1c(-c2ccc(F)cc2)n[nH]c1C)N(C)C. The molecule has 2 aromatic rings. The van der Waals surface area contributed by atoms with Gasteiger partial charge in [0.25, 0.3) is 0 Å². The van der Waals surface area contributed by atoms with Crippen LogP contribution >= 0.6 is 12.2 Å². The minimum atomic E-state index is -0.720. The van der Waals surface area contributed by atoms with Gasteiger partial charge in [-0.25, -0.2) is 9.18 Å². The molecule has 1 atom stereocenters. The van der Waals surface area contributed by atoms with Crippen molar-refractivity contribution in [1.82, 2.24) is 20.4 Å². The van der Waals surface area contributed by atoms with Crippen molar-refractivity contribution in [2.24, 2.45) is 0 Å². The number of likely N-dealkylation sites (N-methyl/N-ethyl adjacent to an activating group) is 1. The Morgan fingerprint density at radius 1 is 1.40 bits per heavy atom. The number of benzene rings is 1. The molecule has 1 aromatic carbocycles. The number of hydrogen-bond donors (Lipinski definition) is 2. The van der Waals surface area contributed by atoms with Gasteiger partial charge >= 0.3 is 5.97 Å². The zero-order chi connectivity index (χ0) is 18.6. The highest BCUT2D eigenvalue weighted by molar-refractivity contribution is 7.80. The number of thiocarbonyl (C=S) groups is 1. The molecule has 0 fully saturated rings. The standard InChI is InChI=1S/C17H21FN4O2S/c1-5-24-17(23)15(22(3)4)19-16(25)13-10(2)20-21-14(13)11-6-8-12(18)9-7-11/h6-9,15H,5H2,1-4H3,(H,19,25)(H,20,21). The zero-order valence-corrected chi connectivity index (χ0v) is 15.4. The van der Waals surface area contributed by atoms with Gasteiger partial charge in [-0.2, -0.15) is 5.10 Å². The Morgan fingerprint density at radius 3 is 2.60 bits per heavy atom. The van der Waals surface area contributed by atoms with Gasteiger partial charge in [0.15, 0.2) is 6.17 Å². The number of H-pyrrole nitrogens is 1. The molecule has 0 spiro atoms. The molecule has 8 heteroatoms. The number of nitrogens with zero attached hydrogens (tertiary/aromatic N) is 2. The van der Waals surface area contributed by atoms with E-state index in [9.17, 15) is 9.18 Å². The third kappa shape index (κ3) is 4.40. The number of aromatic amines is 1. The number of rotatable bonds is 6. The van der Waals surface area contributed by atoms with Gasteiger partial charge in [-0.3, -0.25) is 10.00 Å². The highest BCUT2D eigenvalue weighted by atomic mass is 32.1. The molecule has 2 rings (SSSR count). The van der Waals surface area contributed by atoms with Crippen molar-refractivity contribution < 1.29 is 13.9 Å². The summed E-state index contributed by atoms with van der Waals surface area (Å²) in [5, 5.41) is 10.2. The molecule has 0 bridgehead atoms. The first-order chi connectivity index (χ1) is 11.8. The highest BCUT2D eigenvalue weighted by Gasteiger charge is 2.25. The van der Waals surface area contributed by atoms with Gasteiger partial charge in [0.1, 0.15) is 16.5 Å². The molecule has 2 N–H and O–H groups in total. The summed E-state index contributed by atoms with van der Waals surface area (Å²) >= 11 is 5.49. The predicted octanol–water partition coefficient (Wildman–Crippen LogP) is 2.24. The lowest BCUT2D eigenvalue weighted by Crippen LogP contribution is -2.50. The lowest BCUT2D eigenvalue weighted by atomic mass is 10.1. The van der Waals surface area contributed by atoms with Crippen LogP contribution in [0.2, 0.25) is 0 Å². The van der Waals surface area contributed by atoms with E-state index in [0.29, 0.717) is 16.2 Å². The molecule has 6 nitrogen and oxygen atoms in total. The largest absolute Gasteiger partial charge is 0.463 e. The van der Waals surface area contributed by atoms with Crippen molar-refractivity contribution in [3.63, 3.8) is 0 Å². The van der Waals surface area contributed by atoms with E-state index in [4.69, 9.17) is 17.0 Å². The molecule has 0 aliphatic carbocycles. The molecule has 1 heterocycles. The van der Waals surface area contributed by atoms with E-state index < -0.39 is 12.1 Å². The van der Waals surface area contributed by atoms with Gasteiger partial charge in [0, 0.05) is 11.3 Å². The molecule has 1 unspecified atom stereocenters. The topological polar surface area (TPSA) is 70.2 Å². The zero-order valence-electron chi connectivity index (χ0n) is 14.6. The van der Waals surface area contributed by atoms with E-state index in [2.05, 4.69) is 15.5 Å². The third-order valence-corrected chi connectivity index (χ3v) is 3.91. The van der Waals surface area contributed by atoms with Crippen LogP contribution < -0.4 is 5.32 Å². The average Bonchev–Trinajstić information content (AvgIpc) is 2.94. The molecule has 0 saturated carbocycles. The van der Waals surface area contributed by atoms with Crippen molar-refractivity contribution in [1.29, 1.82) is 0 Å². The van der Waals surface area contributed by atoms with Crippen molar-refractivity contribution in [2.45, 2.75) is 20.0 Å². The summed E-state index contributed by atoms with van der Waals surface area (Å²) in [4.78, 5) is 14.2. The maximum atomic E-state index is 13.2. The minimum Gasteiger partial charge on any atom is -0.463 e. The summed E-state index contributed by atoms with van der Waals surface area (Å²) in [6, 6.07) is 5.99. The molecular formula is C17H21FN4O2S. The van der Waals surface area contributed by atoms with Crippen molar-refractivity contribution in [3.8, 4) is 11.3 Å². The first kappa shape index (κ1) is 19.0. The first-order valence-electron chi connectivity index (χ1n) is 7.80. The highest BCUT2D eigenvalue weighted by Crippen LogP contribution is 2.24. The summed E-state index contributed by atoms with van der Waals surface area (Å²) in [6.45, 7) is 3.86. The molecule has 0 radical (unpaired) electrons. The molecule has 0 aliphatic rings. The molecule has 0 saturated heterocycles. The smallest absolute Gasteiger partial charge is 0.344 e. The van der Waals surface area contributed by atoms with Gasteiger partial charge in [-0.15, -0.1) is 0 Å². The molecular weight excluding hydrogens is 343 g/mol. The van der Waals surface area contributed by atoms with Crippen molar-refractivity contribution in [2.75, 3.05) is 20.7 Å². The lowest BCUT2D eigenvalue weighted by Gasteiger charge is -2.24. The maximum Gasteiger partial charge on any atom is 0.344 e. The first-order valence-corrected chi connectivity index (χ1v) is 8.20. The normalized spacial score (nSPS) is 12.1. The Morgan fingerprint density at radius 2 is 2.04 bits per heavy atom. The summed E-state index contributed by atoms with van der Waals surface area (Å²) in [5.41, 5.74) is 2.73. The monoisotopic (exact) mass is 364 g/mol. The van der Waals surface area contributed by atoms with Crippen LogP contribution in [0.3, 0.4) is 0 Å². The van der Waals surface area contributed by atoms with E-state index in [-0.39, 0.29) is 12.4 Å². The summed E-state index contributed by atoms with van der Waals surface area (Å²) in [5.74, 6) is -0.743. The van der Waals surface area contributed by atoms with Crippen molar-refractivity contribution in [3.05, 3.63) is 41.3 Å². The second kappa shape index (κ2) is 8.17. The number of carbonyl (C=O) groups excluding carboxylic acids is 1. The Hall–Kier alpha value is -2.32. The van der Waals surface area contributed by atoms with Gasteiger partial charge in [-0.05, 0) is 52.2 Å². The van der Waals surface area contributed by atoms with E-state index in [0.717, 1.165) is 11.3 Å². The maximum absolute atomic E-state index is 13.2. The Balaban J connectivity index is 2.31. The Kier molecular flexibility index (Phi) is 6.22. The molecule has 134 valence electrons. The van der Waals surface area contributed by atoms with Crippen LogP contribution in [0.4, 0.5) is 4.39 Å². The Bertz CT molecular complexity index is 759. The lowest BCUT2D eigenvalue weighted by molar-refractivity contribution is -0.149. The molecule has 0 aliphatic heterocycles. The van der Waals surface area contributed by atoms with Gasteiger partial charge in [-0.1, -0.05) is 12.2 Å². The Labute approximate surface area is 151 Å². The van der Waals surface area contributed by atoms with Crippen LogP contribution in [-0.2, 0) is 9.53 Å². The van der Waals surface area contributed by atoms with E-state index in [1.54, 1.807) is 38.1 Å².